The van der Waals surface area contributed by atoms with Crippen LogP contribution in [0.25, 0.3) is 0 Å². The van der Waals surface area contributed by atoms with E-state index in [9.17, 15) is 0 Å². The van der Waals surface area contributed by atoms with Crippen molar-refractivity contribution in [3.05, 3.63) is 0 Å². The zero-order chi connectivity index (χ0) is 4.00. The molecule has 0 fully saturated rings. The molecule has 0 aromatic heterocycles. The van der Waals surface area contributed by atoms with Crippen LogP contribution < -0.4 is 0 Å². The molecule has 0 amide bonds. The van der Waals surface area contributed by atoms with Gasteiger partial charge in [0.1, 0.15) is 0 Å². The maximum absolute atomic E-state index is 6.50. The van der Waals surface area contributed by atoms with Crippen LogP contribution in [0, 0.1) is 23.7 Å². The van der Waals surface area contributed by atoms with Crippen LogP contribution in [0.2, 0.25) is 0 Å². The van der Waals surface area contributed by atoms with E-state index in [4.69, 9.17) is 10.5 Å². The van der Waals surface area contributed by atoms with E-state index in [0.717, 1.165) is 0 Å². The normalized spacial score (nSPS) is 0.800. The Morgan fingerprint density at radius 3 is 0.800 bits per heavy atom. The largest absolute Gasteiger partial charge is 0.202 e. The van der Waals surface area contributed by atoms with Gasteiger partial charge in [0, 0.05) is 13.1 Å². The number of nitriles is 2. The van der Waals surface area contributed by atoms with E-state index in [1.807, 2.05) is 0 Å². The maximum atomic E-state index is 6.50. The lowest BCUT2D eigenvalue weighted by Crippen LogP contribution is -0.569. The molecular formula is C2H6N2Si. The first kappa shape index (κ1) is 29.9. The molecule has 0 heterocycles. The van der Waals surface area contributed by atoms with Gasteiger partial charge in [-0.1, -0.05) is 0 Å². The van der Waals surface area contributed by atoms with Crippen LogP contribution in [0.15, 0.2) is 0 Å². The first-order chi connectivity index (χ1) is 2.00. The van der Waals surface area contributed by atoms with E-state index in [-0.39, 0.29) is 11.0 Å². The zero-order valence-corrected chi connectivity index (χ0v) is 2.05. The van der Waals surface area contributed by atoms with Gasteiger partial charge in [0.15, 0.2) is 0 Å². The van der Waals surface area contributed by atoms with Crippen molar-refractivity contribution >= 4 is 11.0 Å². The van der Waals surface area contributed by atoms with Crippen LogP contribution in [-0.4, -0.2) is 11.0 Å². The summed E-state index contributed by atoms with van der Waals surface area (Å²) in [6.07, 6.45) is 0. The highest BCUT2D eigenvalue weighted by Crippen LogP contribution is 0.588. The summed E-state index contributed by atoms with van der Waals surface area (Å²) in [5, 5.41) is 13.0. The van der Waals surface area contributed by atoms with E-state index >= 15 is 0 Å². The Bertz CT molecular complexity index is 23.1. The smallest absolute Gasteiger partial charge is 0.0462 e. The molecule has 0 N–H and O–H groups in total. The van der Waals surface area contributed by atoms with E-state index in [1.165, 1.54) is 0 Å². The third kappa shape index (κ3) is 7.10. The van der Waals surface area contributed by atoms with Crippen LogP contribution >= 0.6 is 0 Å². The fourth-order valence-electron chi connectivity index (χ4n) is 0. The van der Waals surface area contributed by atoms with Crippen molar-refractivity contribution in [1.82, 2.24) is 0 Å². The average molecular weight is 86.2 g/mol. The highest BCUT2D eigenvalue weighted by atomic mass is 28.1. The molecule has 0 saturated carbocycles. The quantitative estimate of drug-likeness (QED) is 0.349. The highest BCUT2D eigenvalue weighted by Gasteiger charge is 0.515. The molecule has 0 aliphatic rings. The van der Waals surface area contributed by atoms with Crippen molar-refractivity contribution in [3.8, 4) is 13.1 Å². The molecule has 0 aliphatic carbocycles. The minimum Gasteiger partial charge on any atom is -0.202 e. The molecule has 0 spiro atoms. The van der Waals surface area contributed by atoms with Gasteiger partial charge in [0.05, 0.1) is 0 Å². The van der Waals surface area contributed by atoms with Gasteiger partial charge >= 0.3 is 0 Å². The standard InChI is InChI=1S/2CHN.H4Si/c2*1-2;/h2*1H;1H4. The molecule has 0 rings (SSSR count). The van der Waals surface area contributed by atoms with Gasteiger partial charge < -0.3 is 0 Å². The number of rotatable bonds is 0. The number of nitrogens with zero attached hydrogens (tertiary/aromatic N) is 2. The van der Waals surface area contributed by atoms with Crippen LogP contribution in [0.4, 0.5) is 0 Å². The fraction of sp³-hybridized carbons (Fsp3) is 0. The number of hydrogen-bond acceptors (Lipinski definition) is 2. The van der Waals surface area contributed by atoms with Gasteiger partial charge in [-0.05, 0) is 11.0 Å². The summed E-state index contributed by atoms with van der Waals surface area (Å²) in [6.45, 7) is 7.00. The third-order valence-electron chi connectivity index (χ3n) is 0. The summed E-state index contributed by atoms with van der Waals surface area (Å²) in [5.41, 5.74) is 0. The summed E-state index contributed by atoms with van der Waals surface area (Å²) in [4.78, 5) is 0. The van der Waals surface area contributed by atoms with Gasteiger partial charge in [0.25, 0.3) is 0 Å². The fourth-order valence-corrected chi connectivity index (χ4v) is 0. The first-order valence-electron chi connectivity index (χ1n) is 0.516. The molecule has 0 aromatic carbocycles. The molecule has 0 saturated heterocycles. The molecule has 0 aromatic rings. The van der Waals surface area contributed by atoms with Crippen LogP contribution in [0.5, 0.6) is 0 Å². The Morgan fingerprint density at radius 1 is 0.800 bits per heavy atom. The maximum Gasteiger partial charge on any atom is 0.0462 e. The zero-order valence-electron chi connectivity index (χ0n) is 2.05. The van der Waals surface area contributed by atoms with Gasteiger partial charge in [-0.3, -0.25) is 0 Å². The summed E-state index contributed by atoms with van der Waals surface area (Å²) in [6, 6.07) is 0. The second-order valence-electron chi connectivity index (χ2n) is 0. The highest BCUT2D eigenvalue weighted by molar-refractivity contribution is 5.75. The lowest BCUT2D eigenvalue weighted by atomic mass is 11.9. The van der Waals surface area contributed by atoms with Crippen LogP contribution in [0.3, 0.4) is 0 Å². The molecule has 0 bridgehead atoms. The predicted molar refractivity (Wildman–Crippen MR) is 24.7 cm³/mol. The molecule has 5 heavy (non-hydrogen) atoms. The molecule has 28 valence electrons. The second kappa shape index (κ2) is 23.9. The SMILES string of the molecule is C#N.C#N.[SiH4]. The Labute approximate surface area is 35.7 Å². The van der Waals surface area contributed by atoms with E-state index in [2.05, 4.69) is 13.1 Å². The lowest BCUT2D eigenvalue weighted by molar-refractivity contribution is 1.58. The summed E-state index contributed by atoms with van der Waals surface area (Å²) >= 11 is 0. The van der Waals surface area contributed by atoms with E-state index in [1.54, 1.807) is 0 Å². The monoisotopic (exact) mass is 86.0 g/mol. The molecule has 0 aliphatic heterocycles. The third-order valence-corrected chi connectivity index (χ3v) is 0. The van der Waals surface area contributed by atoms with Crippen LogP contribution in [-0.2, 0) is 0 Å². The van der Waals surface area contributed by atoms with Crippen molar-refractivity contribution in [1.29, 1.82) is 10.5 Å². The Hall–Kier alpha value is -0.803. The summed E-state index contributed by atoms with van der Waals surface area (Å²) in [7, 11) is 0. The molecule has 0 radical (unpaired) electrons. The van der Waals surface area contributed by atoms with E-state index < -0.39 is 0 Å². The summed E-state index contributed by atoms with van der Waals surface area (Å²) < 4.78 is 0. The second-order valence-corrected chi connectivity index (χ2v) is 0. The van der Waals surface area contributed by atoms with Crippen molar-refractivity contribution in [2.24, 2.45) is 0 Å². The van der Waals surface area contributed by atoms with Crippen molar-refractivity contribution in [3.63, 3.8) is 0 Å². The average Bonchev–Trinajstić information content (AvgIpc) is 1.50. The molecule has 0 unspecified atom stereocenters. The Morgan fingerprint density at radius 2 is 0.800 bits per heavy atom. The molecule has 2 nitrogen and oxygen atoms in total. The van der Waals surface area contributed by atoms with E-state index in [0.29, 0.717) is 0 Å². The van der Waals surface area contributed by atoms with Gasteiger partial charge in [-0.15, -0.1) is 0 Å². The molecular weight excluding hydrogens is 80.1 g/mol. The first-order valence-corrected chi connectivity index (χ1v) is 0.516. The number of hydrogen-bond donors (Lipinski definition) is 0. The van der Waals surface area contributed by atoms with Gasteiger partial charge in [-0.25, -0.2) is 10.5 Å². The van der Waals surface area contributed by atoms with Crippen molar-refractivity contribution in [2.45, 2.75) is 0 Å². The lowest BCUT2D eigenvalue weighted by Gasteiger charge is -0.668. The van der Waals surface area contributed by atoms with Crippen LogP contribution in [0.1, 0.15) is 0 Å². The van der Waals surface area contributed by atoms with Gasteiger partial charge in [-0.2, -0.15) is 0 Å². The van der Waals surface area contributed by atoms with Crippen molar-refractivity contribution in [2.75, 3.05) is 0 Å². The molecule has 0 atom stereocenters. The molecule has 3 heteroatoms. The minimum absolute atomic E-state index is 0. The van der Waals surface area contributed by atoms with Gasteiger partial charge in [0.2, 0.25) is 0 Å². The minimum atomic E-state index is 0. The Balaban J connectivity index is -0.0000000133. The Kier molecular flexibility index (Phi) is 143. The van der Waals surface area contributed by atoms with Crippen molar-refractivity contribution < 1.29 is 0 Å². The topological polar surface area (TPSA) is 47.6 Å². The predicted octanol–water partition coefficient (Wildman–Crippen LogP) is -1.17. The summed E-state index contributed by atoms with van der Waals surface area (Å²) in [5.74, 6) is 0.